The molecule has 0 amide bonds. The first kappa shape index (κ1) is 8.68. The molecular weight excluding hydrogens is 146 g/mol. The number of esters is 1. The summed E-state index contributed by atoms with van der Waals surface area (Å²) in [6, 6.07) is -0.823. The van der Waals surface area contributed by atoms with Crippen LogP contribution in [0.15, 0.2) is 0 Å². The summed E-state index contributed by atoms with van der Waals surface area (Å²) in [4.78, 5) is 12.5. The molecule has 0 spiro atoms. The number of hydrogen-bond acceptors (Lipinski definition) is 4. The molecule has 0 aromatic heterocycles. The van der Waals surface area contributed by atoms with Crippen LogP contribution in [0.4, 0.5) is 0 Å². The van der Waals surface area contributed by atoms with Crippen molar-refractivity contribution in [3.63, 3.8) is 0 Å². The first-order valence-electron chi connectivity index (χ1n) is 2.31. The summed E-state index contributed by atoms with van der Waals surface area (Å²) >= 11 is 5.03. The average Bonchev–Trinajstić information content (AvgIpc) is 1.90. The summed E-state index contributed by atoms with van der Waals surface area (Å²) in [6.07, 6.45) is 0. The Morgan fingerprint density at radius 2 is 2.56 bits per heavy atom. The number of methoxy groups -OCH3 is 1. The maximum Gasteiger partial charge on any atom is 0.326 e. The van der Waals surface area contributed by atoms with Gasteiger partial charge in [0.15, 0.2) is 0 Å². The van der Waals surface area contributed by atoms with Crippen molar-refractivity contribution in [2.75, 3.05) is 13.7 Å². The van der Waals surface area contributed by atoms with E-state index in [9.17, 15) is 4.79 Å². The average molecular weight is 154 g/mol. The van der Waals surface area contributed by atoms with Crippen LogP contribution in [0, 0.1) is 0 Å². The van der Waals surface area contributed by atoms with Crippen LogP contribution in [0.3, 0.4) is 0 Å². The molecule has 0 aromatic rings. The van der Waals surface area contributed by atoms with Gasteiger partial charge < -0.3 is 9.84 Å². The molecule has 0 bridgehead atoms. The van der Waals surface area contributed by atoms with Gasteiger partial charge in [0.2, 0.25) is 0 Å². The minimum Gasteiger partial charge on any atom is -0.468 e. The number of rotatable bonds is 3. The fourth-order valence-corrected chi connectivity index (χ4v) is 0.454. The highest BCUT2D eigenvalue weighted by molar-refractivity contribution is 6.14. The predicted octanol–water partition coefficient (Wildman–Crippen LogP) is -0.736. The number of ether oxygens (including phenoxy) is 1. The molecule has 9 heavy (non-hydrogen) atoms. The van der Waals surface area contributed by atoms with Gasteiger partial charge in [0.25, 0.3) is 0 Å². The molecule has 0 rings (SSSR count). The fourth-order valence-electron chi connectivity index (χ4n) is 0.296. The van der Waals surface area contributed by atoms with Crippen LogP contribution in [-0.4, -0.2) is 30.8 Å². The van der Waals surface area contributed by atoms with Crippen molar-refractivity contribution >= 4 is 17.7 Å². The molecule has 2 N–H and O–H groups in total. The van der Waals surface area contributed by atoms with Crippen molar-refractivity contribution in [1.82, 2.24) is 4.84 Å². The van der Waals surface area contributed by atoms with Gasteiger partial charge in [-0.1, -0.05) is 0 Å². The van der Waals surface area contributed by atoms with E-state index in [1.54, 1.807) is 0 Å². The van der Waals surface area contributed by atoms with Gasteiger partial charge in [0.05, 0.1) is 13.7 Å². The van der Waals surface area contributed by atoms with Crippen molar-refractivity contribution in [2.45, 2.75) is 6.04 Å². The summed E-state index contributed by atoms with van der Waals surface area (Å²) in [5.74, 6) is -0.576. The topological polar surface area (TPSA) is 58.6 Å². The van der Waals surface area contributed by atoms with E-state index in [1.807, 2.05) is 0 Å². The number of hydrogen-bond donors (Lipinski definition) is 2. The Morgan fingerprint density at radius 1 is 2.00 bits per heavy atom. The predicted molar refractivity (Wildman–Crippen MR) is 31.9 cm³/mol. The number of aliphatic hydroxyl groups excluding tert-OH is 1. The third kappa shape index (κ3) is 2.64. The van der Waals surface area contributed by atoms with E-state index in [2.05, 4.69) is 9.57 Å². The van der Waals surface area contributed by atoms with Gasteiger partial charge in [-0.25, -0.2) is 4.84 Å². The lowest BCUT2D eigenvalue weighted by molar-refractivity contribution is -0.143. The maximum atomic E-state index is 10.4. The van der Waals surface area contributed by atoms with Gasteiger partial charge in [-0.05, 0) is 11.8 Å². The van der Waals surface area contributed by atoms with Gasteiger partial charge >= 0.3 is 5.97 Å². The summed E-state index contributed by atoms with van der Waals surface area (Å²) in [5, 5.41) is 8.38. The molecule has 0 unspecified atom stereocenters. The van der Waals surface area contributed by atoms with Crippen LogP contribution in [0.2, 0.25) is 0 Å². The summed E-state index contributed by atoms with van der Waals surface area (Å²) in [6.45, 7) is -0.365. The van der Waals surface area contributed by atoms with Gasteiger partial charge in [-0.15, -0.1) is 0 Å². The van der Waals surface area contributed by atoms with Crippen molar-refractivity contribution < 1.29 is 14.6 Å². The largest absolute Gasteiger partial charge is 0.468 e. The molecule has 4 nitrogen and oxygen atoms in total. The number of halogens is 1. The molecular formula is C4H8ClNO3. The van der Waals surface area contributed by atoms with Crippen LogP contribution in [-0.2, 0) is 9.53 Å². The van der Waals surface area contributed by atoms with Crippen LogP contribution < -0.4 is 4.84 Å². The van der Waals surface area contributed by atoms with Crippen LogP contribution in [0.25, 0.3) is 0 Å². The molecule has 0 aromatic carbocycles. The van der Waals surface area contributed by atoms with E-state index in [0.29, 0.717) is 0 Å². The Morgan fingerprint density at radius 3 is 2.67 bits per heavy atom. The first-order chi connectivity index (χ1) is 4.26. The Hall–Kier alpha value is -0.320. The van der Waals surface area contributed by atoms with E-state index in [4.69, 9.17) is 16.9 Å². The lowest BCUT2D eigenvalue weighted by atomic mass is 10.3. The zero-order chi connectivity index (χ0) is 7.28. The fraction of sp³-hybridized carbons (Fsp3) is 0.750. The molecule has 0 radical (unpaired) electrons. The van der Waals surface area contributed by atoms with Crippen LogP contribution >= 0.6 is 11.8 Å². The summed E-state index contributed by atoms with van der Waals surface area (Å²) in [7, 11) is 1.22. The second-order valence-corrected chi connectivity index (χ2v) is 1.59. The Labute approximate surface area is 57.9 Å². The highest BCUT2D eigenvalue weighted by Gasteiger charge is 2.15. The van der Waals surface area contributed by atoms with E-state index in [1.165, 1.54) is 7.11 Å². The van der Waals surface area contributed by atoms with Gasteiger partial charge in [-0.3, -0.25) is 4.79 Å². The molecule has 0 aliphatic rings. The van der Waals surface area contributed by atoms with Gasteiger partial charge in [-0.2, -0.15) is 0 Å². The second kappa shape index (κ2) is 4.55. The monoisotopic (exact) mass is 153 g/mol. The van der Waals surface area contributed by atoms with Crippen molar-refractivity contribution in [1.29, 1.82) is 0 Å². The highest BCUT2D eigenvalue weighted by atomic mass is 35.5. The number of carbonyl (C=O) groups excluding carboxylic acids is 1. The van der Waals surface area contributed by atoms with Crippen LogP contribution in [0.1, 0.15) is 0 Å². The molecule has 0 saturated heterocycles. The lowest BCUT2D eigenvalue weighted by Gasteiger charge is -2.06. The van der Waals surface area contributed by atoms with Crippen LogP contribution in [0.5, 0.6) is 0 Å². The molecule has 0 heterocycles. The quantitative estimate of drug-likeness (QED) is 0.414. The standard InChI is InChI=1S/C4H8ClNO3/c1-9-4(8)3(2-7)6-5/h3,6-7H,2H2,1H3/t3-/m1/s1. The van der Waals surface area contributed by atoms with Gasteiger partial charge in [0, 0.05) is 0 Å². The van der Waals surface area contributed by atoms with Crippen molar-refractivity contribution in [2.24, 2.45) is 0 Å². The zero-order valence-electron chi connectivity index (χ0n) is 4.93. The molecule has 0 saturated carbocycles. The first-order valence-corrected chi connectivity index (χ1v) is 2.69. The van der Waals surface area contributed by atoms with Crippen molar-refractivity contribution in [3.8, 4) is 0 Å². The van der Waals surface area contributed by atoms with Gasteiger partial charge in [0.1, 0.15) is 6.04 Å². The normalized spacial score (nSPS) is 12.8. The molecule has 0 aliphatic carbocycles. The molecule has 5 heteroatoms. The molecule has 54 valence electrons. The zero-order valence-corrected chi connectivity index (χ0v) is 5.68. The van der Waals surface area contributed by atoms with Crippen molar-refractivity contribution in [3.05, 3.63) is 0 Å². The van der Waals surface area contributed by atoms with E-state index < -0.39 is 12.0 Å². The maximum absolute atomic E-state index is 10.4. The lowest BCUT2D eigenvalue weighted by Crippen LogP contribution is -2.35. The minimum atomic E-state index is -0.823. The number of nitrogens with one attached hydrogen (secondary N) is 1. The Kier molecular flexibility index (Phi) is 4.39. The number of carbonyl (C=O) groups is 1. The molecule has 0 aliphatic heterocycles. The van der Waals surface area contributed by atoms with E-state index in [-0.39, 0.29) is 6.61 Å². The SMILES string of the molecule is COC(=O)[C@@H](CO)NCl. The van der Waals surface area contributed by atoms with E-state index in [0.717, 1.165) is 0 Å². The van der Waals surface area contributed by atoms with E-state index >= 15 is 0 Å². The molecule has 0 fully saturated rings. The highest BCUT2D eigenvalue weighted by Crippen LogP contribution is 1.86. The molecule has 1 atom stereocenters. The Bertz CT molecular complexity index is 93.8. The minimum absolute atomic E-state index is 0.365. The number of aliphatic hydroxyl groups is 1. The third-order valence-electron chi connectivity index (χ3n) is 0.800. The summed E-state index contributed by atoms with van der Waals surface area (Å²) in [5.41, 5.74) is 0. The smallest absolute Gasteiger partial charge is 0.326 e. The Balaban J connectivity index is 3.64. The third-order valence-corrected chi connectivity index (χ3v) is 1.06. The second-order valence-electron chi connectivity index (χ2n) is 1.37. The summed E-state index contributed by atoms with van der Waals surface area (Å²) < 4.78 is 4.25.